The van der Waals surface area contributed by atoms with E-state index < -0.39 is 0 Å². The van der Waals surface area contributed by atoms with Crippen molar-refractivity contribution in [3.8, 4) is 5.75 Å². The fraction of sp³-hybridized carbons (Fsp3) is 0.333. The molecule has 2 rings (SSSR count). The van der Waals surface area contributed by atoms with Gasteiger partial charge in [0.2, 0.25) is 0 Å². The molecule has 106 valence electrons. The summed E-state index contributed by atoms with van der Waals surface area (Å²) in [7, 11) is 2.09. The van der Waals surface area contributed by atoms with Crippen molar-refractivity contribution in [1.82, 2.24) is 0 Å². The standard InChI is InChI=1S/C18H23NO/c1-3-7-16-10-12-18(13-11-16)20-15-14-19(2)17-8-5-4-6-9-17/h4-6,8-13H,3,7,14-15H2,1-2H3. The van der Waals surface area contributed by atoms with Crippen LogP contribution in [0, 0.1) is 0 Å². The van der Waals surface area contributed by atoms with E-state index in [1.54, 1.807) is 0 Å². The Hall–Kier alpha value is -1.96. The van der Waals surface area contributed by atoms with E-state index in [2.05, 4.69) is 67.4 Å². The van der Waals surface area contributed by atoms with Gasteiger partial charge in [-0.1, -0.05) is 43.7 Å². The highest BCUT2D eigenvalue weighted by Gasteiger charge is 2.00. The van der Waals surface area contributed by atoms with E-state index in [4.69, 9.17) is 4.74 Å². The van der Waals surface area contributed by atoms with Crippen molar-refractivity contribution in [3.63, 3.8) is 0 Å². The van der Waals surface area contributed by atoms with Gasteiger partial charge < -0.3 is 9.64 Å². The van der Waals surface area contributed by atoms with E-state index in [0.717, 1.165) is 18.7 Å². The topological polar surface area (TPSA) is 12.5 Å². The SMILES string of the molecule is CCCc1ccc(OCCN(C)c2ccccc2)cc1. The van der Waals surface area contributed by atoms with Crippen LogP contribution in [0.1, 0.15) is 18.9 Å². The first-order valence-electron chi connectivity index (χ1n) is 7.27. The fourth-order valence-corrected chi connectivity index (χ4v) is 2.15. The Bertz CT molecular complexity index is 493. The van der Waals surface area contributed by atoms with Gasteiger partial charge in [-0.15, -0.1) is 0 Å². The second-order valence-corrected chi connectivity index (χ2v) is 5.00. The summed E-state index contributed by atoms with van der Waals surface area (Å²) in [6, 6.07) is 18.8. The van der Waals surface area contributed by atoms with Crippen molar-refractivity contribution in [2.75, 3.05) is 25.1 Å². The van der Waals surface area contributed by atoms with Crippen molar-refractivity contribution >= 4 is 5.69 Å². The zero-order valence-corrected chi connectivity index (χ0v) is 12.4. The average molecular weight is 269 g/mol. The molecular formula is C18H23NO. The van der Waals surface area contributed by atoms with E-state index in [0.29, 0.717) is 6.61 Å². The molecule has 0 saturated carbocycles. The molecule has 0 saturated heterocycles. The maximum atomic E-state index is 5.79. The van der Waals surface area contributed by atoms with E-state index in [1.165, 1.54) is 17.7 Å². The summed E-state index contributed by atoms with van der Waals surface area (Å²) >= 11 is 0. The van der Waals surface area contributed by atoms with Crippen LogP contribution in [0.4, 0.5) is 5.69 Å². The lowest BCUT2D eigenvalue weighted by atomic mass is 10.1. The molecule has 2 aromatic carbocycles. The third-order valence-corrected chi connectivity index (χ3v) is 3.35. The summed E-state index contributed by atoms with van der Waals surface area (Å²) in [6.45, 7) is 3.77. The zero-order chi connectivity index (χ0) is 14.2. The smallest absolute Gasteiger partial charge is 0.119 e. The Morgan fingerprint density at radius 1 is 0.950 bits per heavy atom. The van der Waals surface area contributed by atoms with Crippen molar-refractivity contribution < 1.29 is 4.74 Å². The summed E-state index contributed by atoms with van der Waals surface area (Å²) in [5.74, 6) is 0.950. The molecule has 2 aromatic rings. The second-order valence-electron chi connectivity index (χ2n) is 5.00. The summed E-state index contributed by atoms with van der Waals surface area (Å²) in [6.07, 6.45) is 2.32. The molecule has 0 bridgehead atoms. The highest BCUT2D eigenvalue weighted by Crippen LogP contribution is 2.14. The Morgan fingerprint density at radius 2 is 1.65 bits per heavy atom. The number of anilines is 1. The number of nitrogens with zero attached hydrogens (tertiary/aromatic N) is 1. The van der Waals surface area contributed by atoms with Crippen LogP contribution in [-0.2, 0) is 6.42 Å². The van der Waals surface area contributed by atoms with Gasteiger partial charge in [-0.3, -0.25) is 0 Å². The molecule has 0 fully saturated rings. The minimum Gasteiger partial charge on any atom is -0.492 e. The lowest BCUT2D eigenvalue weighted by Gasteiger charge is -2.19. The van der Waals surface area contributed by atoms with Crippen molar-refractivity contribution in [2.24, 2.45) is 0 Å². The molecule has 0 atom stereocenters. The zero-order valence-electron chi connectivity index (χ0n) is 12.4. The first-order valence-corrected chi connectivity index (χ1v) is 7.27. The van der Waals surface area contributed by atoms with Crippen molar-refractivity contribution in [1.29, 1.82) is 0 Å². The van der Waals surface area contributed by atoms with Crippen LogP contribution in [0.15, 0.2) is 54.6 Å². The van der Waals surface area contributed by atoms with Gasteiger partial charge in [-0.05, 0) is 36.2 Å². The van der Waals surface area contributed by atoms with Crippen LogP contribution in [0.3, 0.4) is 0 Å². The van der Waals surface area contributed by atoms with E-state index in [9.17, 15) is 0 Å². The second kappa shape index (κ2) is 7.59. The molecule has 2 heteroatoms. The molecule has 0 aromatic heterocycles. The molecular weight excluding hydrogens is 246 g/mol. The number of likely N-dealkylation sites (N-methyl/N-ethyl adjacent to an activating group) is 1. The lowest BCUT2D eigenvalue weighted by molar-refractivity contribution is 0.326. The van der Waals surface area contributed by atoms with Gasteiger partial charge in [-0.25, -0.2) is 0 Å². The number of rotatable bonds is 7. The monoisotopic (exact) mass is 269 g/mol. The minimum absolute atomic E-state index is 0.693. The maximum absolute atomic E-state index is 5.79. The predicted molar refractivity (Wildman–Crippen MR) is 85.6 cm³/mol. The molecule has 0 amide bonds. The third-order valence-electron chi connectivity index (χ3n) is 3.35. The number of hydrogen-bond acceptors (Lipinski definition) is 2. The number of aryl methyl sites for hydroxylation is 1. The first-order chi connectivity index (χ1) is 9.79. The molecule has 0 heterocycles. The van der Waals surface area contributed by atoms with Crippen LogP contribution in [-0.4, -0.2) is 20.2 Å². The van der Waals surface area contributed by atoms with E-state index in [1.807, 2.05) is 6.07 Å². The van der Waals surface area contributed by atoms with Gasteiger partial charge in [0.25, 0.3) is 0 Å². The van der Waals surface area contributed by atoms with Crippen LogP contribution in [0.2, 0.25) is 0 Å². The van der Waals surface area contributed by atoms with Crippen molar-refractivity contribution in [3.05, 3.63) is 60.2 Å². The largest absolute Gasteiger partial charge is 0.492 e. The number of ether oxygens (including phenoxy) is 1. The normalized spacial score (nSPS) is 10.3. The number of benzene rings is 2. The summed E-state index contributed by atoms with van der Waals surface area (Å²) < 4.78 is 5.79. The highest BCUT2D eigenvalue weighted by molar-refractivity contribution is 5.44. The third kappa shape index (κ3) is 4.30. The molecule has 0 aliphatic heterocycles. The van der Waals surface area contributed by atoms with Gasteiger partial charge in [0, 0.05) is 12.7 Å². The van der Waals surface area contributed by atoms with Crippen LogP contribution in [0.25, 0.3) is 0 Å². The fourth-order valence-electron chi connectivity index (χ4n) is 2.15. The van der Waals surface area contributed by atoms with Crippen LogP contribution >= 0.6 is 0 Å². The van der Waals surface area contributed by atoms with Crippen molar-refractivity contribution in [2.45, 2.75) is 19.8 Å². The molecule has 0 aliphatic carbocycles. The number of para-hydroxylation sites is 1. The predicted octanol–water partition coefficient (Wildman–Crippen LogP) is 4.15. The molecule has 0 unspecified atom stereocenters. The van der Waals surface area contributed by atoms with Gasteiger partial charge >= 0.3 is 0 Å². The van der Waals surface area contributed by atoms with Gasteiger partial charge in [0.05, 0.1) is 6.54 Å². The Labute approximate surface area is 122 Å². The van der Waals surface area contributed by atoms with Gasteiger partial charge in [-0.2, -0.15) is 0 Å². The summed E-state index contributed by atoms with van der Waals surface area (Å²) in [4.78, 5) is 2.20. The Kier molecular flexibility index (Phi) is 5.48. The Morgan fingerprint density at radius 3 is 2.30 bits per heavy atom. The van der Waals surface area contributed by atoms with Gasteiger partial charge in [0.1, 0.15) is 12.4 Å². The molecule has 0 aliphatic rings. The first kappa shape index (κ1) is 14.4. The van der Waals surface area contributed by atoms with Crippen LogP contribution < -0.4 is 9.64 Å². The quantitative estimate of drug-likeness (QED) is 0.748. The minimum atomic E-state index is 0.693. The summed E-state index contributed by atoms with van der Waals surface area (Å²) in [5, 5.41) is 0. The van der Waals surface area contributed by atoms with Crippen LogP contribution in [0.5, 0.6) is 5.75 Å². The van der Waals surface area contributed by atoms with E-state index >= 15 is 0 Å². The molecule has 2 nitrogen and oxygen atoms in total. The Balaban J connectivity index is 1.78. The lowest BCUT2D eigenvalue weighted by Crippen LogP contribution is -2.23. The maximum Gasteiger partial charge on any atom is 0.119 e. The molecule has 0 spiro atoms. The van der Waals surface area contributed by atoms with E-state index in [-0.39, 0.29) is 0 Å². The molecule has 0 N–H and O–H groups in total. The average Bonchev–Trinajstić information content (AvgIpc) is 2.50. The molecule has 0 radical (unpaired) electrons. The summed E-state index contributed by atoms with van der Waals surface area (Å²) in [5.41, 5.74) is 2.59. The highest BCUT2D eigenvalue weighted by atomic mass is 16.5. The van der Waals surface area contributed by atoms with Gasteiger partial charge in [0.15, 0.2) is 0 Å². The number of hydrogen-bond donors (Lipinski definition) is 0. The molecule has 20 heavy (non-hydrogen) atoms.